The molecule has 0 spiro atoms. The van der Waals surface area contributed by atoms with Crippen molar-refractivity contribution in [2.45, 2.75) is 57.8 Å². The number of hydrogen-bond donors (Lipinski definition) is 6. The van der Waals surface area contributed by atoms with Crippen LogP contribution in [0.3, 0.4) is 0 Å². The summed E-state index contributed by atoms with van der Waals surface area (Å²) in [6, 6.07) is -3.35. The second-order valence-corrected chi connectivity index (χ2v) is 6.64. The number of amides is 2. The Bertz CT molecular complexity index is 602. The Kier molecular flexibility index (Phi) is 8.20. The third-order valence-electron chi connectivity index (χ3n) is 3.76. The van der Waals surface area contributed by atoms with Gasteiger partial charge in [0.1, 0.15) is 18.1 Å². The largest absolute Gasteiger partial charge is 0.480 e. The Morgan fingerprint density at radius 3 is 2.27 bits per heavy atom. The zero-order valence-corrected chi connectivity index (χ0v) is 15.1. The van der Waals surface area contributed by atoms with E-state index in [1.54, 1.807) is 0 Å². The molecule has 0 aliphatic carbocycles. The smallest absolute Gasteiger partial charge is 0.326 e. The summed E-state index contributed by atoms with van der Waals surface area (Å²) in [6.07, 6.45) is 2.13. The van der Waals surface area contributed by atoms with Gasteiger partial charge in [0, 0.05) is 18.3 Å². The molecule has 0 aromatic carbocycles. The van der Waals surface area contributed by atoms with Crippen LogP contribution in [0.1, 0.15) is 32.9 Å². The highest BCUT2D eigenvalue weighted by Crippen LogP contribution is 2.07. The van der Waals surface area contributed by atoms with E-state index in [9.17, 15) is 24.6 Å². The van der Waals surface area contributed by atoms with Crippen molar-refractivity contribution < 1.29 is 24.6 Å². The first-order valence-corrected chi connectivity index (χ1v) is 8.36. The summed E-state index contributed by atoms with van der Waals surface area (Å²) in [5.41, 5.74) is 6.16. The van der Waals surface area contributed by atoms with Gasteiger partial charge in [0.25, 0.3) is 0 Å². The van der Waals surface area contributed by atoms with Crippen LogP contribution in [-0.2, 0) is 20.8 Å². The minimum Gasteiger partial charge on any atom is -0.480 e. The van der Waals surface area contributed by atoms with Gasteiger partial charge in [0.2, 0.25) is 11.8 Å². The molecule has 0 saturated heterocycles. The monoisotopic (exact) mass is 369 g/mol. The van der Waals surface area contributed by atoms with Gasteiger partial charge in [-0.2, -0.15) is 0 Å². The molecule has 7 N–H and O–H groups in total. The second-order valence-electron chi connectivity index (χ2n) is 6.64. The molecule has 2 amide bonds. The number of nitrogens with zero attached hydrogens (tertiary/aromatic N) is 1. The highest BCUT2D eigenvalue weighted by Gasteiger charge is 2.29. The molecule has 26 heavy (non-hydrogen) atoms. The minimum absolute atomic E-state index is 0.0562. The van der Waals surface area contributed by atoms with Crippen LogP contribution in [0.25, 0.3) is 0 Å². The number of hydrogen-bond acceptors (Lipinski definition) is 6. The summed E-state index contributed by atoms with van der Waals surface area (Å²) in [7, 11) is 0. The van der Waals surface area contributed by atoms with E-state index < -0.39 is 42.0 Å². The number of carbonyl (C=O) groups excluding carboxylic acids is 2. The van der Waals surface area contributed by atoms with E-state index in [1.807, 2.05) is 13.8 Å². The Labute approximate surface area is 151 Å². The summed E-state index contributed by atoms with van der Waals surface area (Å²) >= 11 is 0. The topological polar surface area (TPSA) is 170 Å². The van der Waals surface area contributed by atoms with Crippen molar-refractivity contribution in [1.29, 1.82) is 0 Å². The molecule has 10 heteroatoms. The molecule has 0 saturated carbocycles. The van der Waals surface area contributed by atoms with Gasteiger partial charge >= 0.3 is 5.97 Å². The van der Waals surface area contributed by atoms with Gasteiger partial charge in [0.05, 0.1) is 12.4 Å². The number of aliphatic carboxylic acids is 1. The van der Waals surface area contributed by atoms with Crippen molar-refractivity contribution in [3.8, 4) is 0 Å². The molecule has 1 aromatic heterocycles. The normalized spacial score (nSPS) is 15.8. The molecular formula is C16H27N5O5. The number of carboxylic acid groups (broad SMARTS) is 1. The van der Waals surface area contributed by atoms with Gasteiger partial charge in [0.15, 0.2) is 0 Å². The van der Waals surface area contributed by atoms with E-state index in [4.69, 9.17) is 5.73 Å². The van der Waals surface area contributed by atoms with Crippen molar-refractivity contribution >= 4 is 17.8 Å². The Morgan fingerprint density at radius 1 is 1.19 bits per heavy atom. The predicted octanol–water partition coefficient (Wildman–Crippen LogP) is -1.24. The van der Waals surface area contributed by atoms with Crippen molar-refractivity contribution in [3.05, 3.63) is 18.2 Å². The van der Waals surface area contributed by atoms with Crippen LogP contribution < -0.4 is 16.4 Å². The fourth-order valence-electron chi connectivity index (χ4n) is 2.28. The number of H-pyrrole nitrogens is 1. The number of carboxylic acids is 1. The first-order chi connectivity index (χ1) is 12.1. The lowest BCUT2D eigenvalue weighted by molar-refractivity contribution is -0.142. The van der Waals surface area contributed by atoms with E-state index in [1.165, 1.54) is 19.4 Å². The lowest BCUT2D eigenvalue weighted by Gasteiger charge is -2.24. The minimum atomic E-state index is -1.21. The highest BCUT2D eigenvalue weighted by molar-refractivity contribution is 5.92. The number of imidazole rings is 1. The third kappa shape index (κ3) is 6.81. The number of aliphatic hydroxyl groups excluding tert-OH is 1. The van der Waals surface area contributed by atoms with Crippen LogP contribution in [0.2, 0.25) is 0 Å². The predicted molar refractivity (Wildman–Crippen MR) is 92.9 cm³/mol. The quantitative estimate of drug-likeness (QED) is 0.299. The fourth-order valence-corrected chi connectivity index (χ4v) is 2.28. The summed E-state index contributed by atoms with van der Waals surface area (Å²) in [6.45, 7) is 5.04. The first kappa shape index (κ1) is 21.6. The van der Waals surface area contributed by atoms with Crippen LogP contribution in [0.4, 0.5) is 0 Å². The number of aromatic nitrogens is 2. The zero-order valence-electron chi connectivity index (χ0n) is 15.1. The van der Waals surface area contributed by atoms with Crippen LogP contribution in [0.5, 0.6) is 0 Å². The maximum Gasteiger partial charge on any atom is 0.326 e. The van der Waals surface area contributed by atoms with Crippen LogP contribution in [0, 0.1) is 5.92 Å². The molecule has 10 nitrogen and oxygen atoms in total. The maximum absolute atomic E-state index is 12.6. The zero-order chi connectivity index (χ0) is 19.9. The lowest BCUT2D eigenvalue weighted by Crippen LogP contribution is -2.57. The molecular weight excluding hydrogens is 342 g/mol. The van der Waals surface area contributed by atoms with Gasteiger partial charge in [-0.3, -0.25) is 9.59 Å². The van der Waals surface area contributed by atoms with Crippen LogP contribution in [0.15, 0.2) is 12.5 Å². The Balaban J connectivity index is 2.89. The molecule has 0 aliphatic heterocycles. The van der Waals surface area contributed by atoms with E-state index in [0.717, 1.165) is 0 Å². The number of carbonyl (C=O) groups is 3. The summed E-state index contributed by atoms with van der Waals surface area (Å²) in [5.74, 6) is -2.46. The van der Waals surface area contributed by atoms with Crippen molar-refractivity contribution in [3.63, 3.8) is 0 Å². The SMILES string of the molecule is CC(C)CC(NC(=O)C(Cc1cnc[nH]1)NC(=O)C(N)C(C)O)C(=O)O. The molecule has 1 heterocycles. The number of aromatic amines is 1. The average Bonchev–Trinajstić information content (AvgIpc) is 3.04. The Hall–Kier alpha value is -2.46. The molecule has 4 unspecified atom stereocenters. The summed E-state index contributed by atoms with van der Waals surface area (Å²) < 4.78 is 0. The van der Waals surface area contributed by atoms with Gasteiger partial charge in [-0.1, -0.05) is 13.8 Å². The van der Waals surface area contributed by atoms with Gasteiger partial charge in [-0.15, -0.1) is 0 Å². The van der Waals surface area contributed by atoms with E-state index in [0.29, 0.717) is 5.69 Å². The molecule has 0 radical (unpaired) electrons. The summed E-state index contributed by atoms with van der Waals surface area (Å²) in [5, 5.41) is 23.6. The third-order valence-corrected chi connectivity index (χ3v) is 3.76. The first-order valence-electron chi connectivity index (χ1n) is 8.36. The molecule has 4 atom stereocenters. The molecule has 1 rings (SSSR count). The maximum atomic E-state index is 12.6. The number of rotatable bonds is 10. The van der Waals surface area contributed by atoms with Crippen LogP contribution >= 0.6 is 0 Å². The van der Waals surface area contributed by atoms with E-state index in [2.05, 4.69) is 20.6 Å². The van der Waals surface area contributed by atoms with E-state index >= 15 is 0 Å². The van der Waals surface area contributed by atoms with Crippen molar-refractivity contribution in [1.82, 2.24) is 20.6 Å². The fraction of sp³-hybridized carbons (Fsp3) is 0.625. The number of nitrogens with one attached hydrogen (secondary N) is 3. The molecule has 1 aromatic rings. The van der Waals surface area contributed by atoms with Crippen LogP contribution in [-0.4, -0.2) is 62.2 Å². The standard InChI is InChI=1S/C16H27N5O5/c1-8(2)4-12(16(25)26)21-14(23)11(5-10-6-18-7-19-10)20-15(24)13(17)9(3)22/h6-9,11-13,22H,4-5,17H2,1-3H3,(H,18,19)(H,20,24)(H,21,23)(H,25,26). The van der Waals surface area contributed by atoms with Gasteiger partial charge in [-0.25, -0.2) is 9.78 Å². The second kappa shape index (κ2) is 9.88. The van der Waals surface area contributed by atoms with Gasteiger partial charge < -0.3 is 31.6 Å². The molecule has 146 valence electrons. The van der Waals surface area contributed by atoms with Crippen molar-refractivity contribution in [2.75, 3.05) is 0 Å². The van der Waals surface area contributed by atoms with E-state index in [-0.39, 0.29) is 18.8 Å². The van der Waals surface area contributed by atoms with Gasteiger partial charge in [-0.05, 0) is 19.3 Å². The molecule has 0 fully saturated rings. The highest BCUT2D eigenvalue weighted by atomic mass is 16.4. The Morgan fingerprint density at radius 2 is 1.81 bits per heavy atom. The number of nitrogens with two attached hydrogens (primary N) is 1. The number of aliphatic hydroxyl groups is 1. The molecule has 0 aliphatic rings. The van der Waals surface area contributed by atoms with Crippen molar-refractivity contribution in [2.24, 2.45) is 11.7 Å². The average molecular weight is 369 g/mol. The lowest BCUT2D eigenvalue weighted by atomic mass is 10.0. The molecule has 0 bridgehead atoms. The summed E-state index contributed by atoms with van der Waals surface area (Å²) in [4.78, 5) is 42.7.